The Hall–Kier alpha value is -6.39. The van der Waals surface area contributed by atoms with Crippen molar-refractivity contribution in [3.05, 3.63) is 53.6 Å². The molecule has 1 aromatic carbocycles. The van der Waals surface area contributed by atoms with Crippen molar-refractivity contribution in [2.24, 2.45) is 17.4 Å². The van der Waals surface area contributed by atoms with Crippen LogP contribution in [0, 0.1) is 18.3 Å². The van der Waals surface area contributed by atoms with E-state index >= 15 is 0 Å². The molecule has 4 aromatic rings. The van der Waals surface area contributed by atoms with Gasteiger partial charge < -0.3 is 61.7 Å². The Balaban J connectivity index is 0.00000913. The number of aliphatic hydroxyl groups excluding tert-OH is 1. The summed E-state index contributed by atoms with van der Waals surface area (Å²) in [4.78, 5) is 53.9. The molecule has 0 saturated carbocycles. The molecule has 8 N–H and O–H groups in total. The number of anilines is 3. The third-order valence-electron chi connectivity index (χ3n) is 11.9. The van der Waals surface area contributed by atoms with Gasteiger partial charge in [-0.15, -0.1) is 16.6 Å². The molecule has 0 bridgehead atoms. The first-order valence-corrected chi connectivity index (χ1v) is 23.6. The number of piperazine rings is 2. The second-order valence-corrected chi connectivity index (χ2v) is 16.8. The predicted octanol–water partition coefficient (Wildman–Crippen LogP) is -5.25. The Labute approximate surface area is 414 Å². The van der Waals surface area contributed by atoms with Gasteiger partial charge in [-0.2, -0.15) is 15.0 Å². The van der Waals surface area contributed by atoms with E-state index in [0.717, 1.165) is 24.1 Å². The van der Waals surface area contributed by atoms with Crippen molar-refractivity contribution in [2.45, 2.75) is 58.0 Å². The molecule has 3 atom stereocenters. The summed E-state index contributed by atoms with van der Waals surface area (Å²) in [6.45, 7) is 10.9. The van der Waals surface area contributed by atoms with Crippen LogP contribution in [-0.2, 0) is 43.1 Å². The van der Waals surface area contributed by atoms with Gasteiger partial charge in [0, 0.05) is 90.7 Å². The van der Waals surface area contributed by atoms with Crippen LogP contribution < -0.4 is 44.0 Å². The minimum atomic E-state index is -0.698. The maximum absolute atomic E-state index is 14.3. The van der Waals surface area contributed by atoms with Crippen molar-refractivity contribution in [1.82, 2.24) is 54.7 Å². The summed E-state index contributed by atoms with van der Waals surface area (Å²) >= 11 is 0. The number of halogens is 1. The van der Waals surface area contributed by atoms with Crippen LogP contribution in [-0.4, -0.2) is 194 Å². The number of aliphatic hydroxyl groups is 1. The number of phenolic OH excluding ortho intramolecular Hbond substituents is 1. The lowest BCUT2D eigenvalue weighted by Crippen LogP contribution is -3.00. The fraction of sp³-hybridized carbons (Fsp3) is 0.600. The molecular weight excluding hydrogens is 926 g/mol. The number of aryl methyl sites for hydroxylation is 1. The van der Waals surface area contributed by atoms with Crippen molar-refractivity contribution < 1.29 is 51.4 Å². The number of carbonyl (C=O) groups is 2. The van der Waals surface area contributed by atoms with Crippen LogP contribution in [0.5, 0.6) is 5.75 Å². The van der Waals surface area contributed by atoms with E-state index in [4.69, 9.17) is 47.1 Å². The van der Waals surface area contributed by atoms with E-state index in [1.54, 1.807) is 44.7 Å². The van der Waals surface area contributed by atoms with Gasteiger partial charge >= 0.3 is 5.96 Å². The number of carbonyl (C=O) groups excluding carboxylic acids is 2. The molecule has 25 heteroatoms. The van der Waals surface area contributed by atoms with Crippen LogP contribution in [0.2, 0.25) is 0 Å². The number of ether oxygens (including phenoxy) is 3. The second kappa shape index (κ2) is 28.3. The monoisotopic (exact) mass is 994 g/mol. The number of guanidine groups is 1. The van der Waals surface area contributed by atoms with Gasteiger partial charge in [0.05, 0.1) is 51.0 Å². The summed E-state index contributed by atoms with van der Waals surface area (Å²) in [6, 6.07) is 5.53. The average molecular weight is 995 g/mol. The summed E-state index contributed by atoms with van der Waals surface area (Å²) in [5.41, 5.74) is 13.3. The molecule has 0 spiro atoms. The Bertz CT molecular complexity index is 2270. The van der Waals surface area contributed by atoms with Crippen LogP contribution in [0.3, 0.4) is 0 Å². The number of rotatable bonds is 27. The number of hydrogen-bond donors (Lipinski definition) is 6. The van der Waals surface area contributed by atoms with Gasteiger partial charge in [0.1, 0.15) is 24.4 Å². The van der Waals surface area contributed by atoms with Crippen molar-refractivity contribution >= 4 is 35.6 Å². The number of aromatic nitrogens is 9. The highest BCUT2D eigenvalue weighted by molar-refractivity contribution is 5.81. The van der Waals surface area contributed by atoms with Crippen LogP contribution in [0.4, 0.5) is 17.8 Å². The van der Waals surface area contributed by atoms with Gasteiger partial charge in [-0.25, -0.2) is 9.36 Å². The second-order valence-electron chi connectivity index (χ2n) is 16.8. The van der Waals surface area contributed by atoms with Gasteiger partial charge in [-0.3, -0.25) is 26.0 Å². The molecule has 0 radical (unpaired) electrons. The van der Waals surface area contributed by atoms with E-state index in [9.17, 15) is 19.8 Å². The third-order valence-corrected chi connectivity index (χ3v) is 11.9. The number of nitrogens with zero attached hydrogens (tertiary/aromatic N) is 13. The molecule has 24 nitrogen and oxygen atoms in total. The van der Waals surface area contributed by atoms with Gasteiger partial charge in [0.2, 0.25) is 29.7 Å². The smallest absolute Gasteiger partial charge is 0.338 e. The van der Waals surface area contributed by atoms with Crippen molar-refractivity contribution in [1.29, 1.82) is 0 Å². The van der Waals surface area contributed by atoms with Gasteiger partial charge in [-0.05, 0) is 36.5 Å². The van der Waals surface area contributed by atoms with Crippen LogP contribution in [0.15, 0.2) is 36.7 Å². The lowest BCUT2D eigenvalue weighted by Gasteiger charge is -2.38. The summed E-state index contributed by atoms with van der Waals surface area (Å²) in [6.07, 6.45) is 11.6. The number of amides is 2. The van der Waals surface area contributed by atoms with Gasteiger partial charge in [0.25, 0.3) is 0 Å². The molecule has 2 aliphatic heterocycles. The summed E-state index contributed by atoms with van der Waals surface area (Å²) < 4.78 is 19.8. The highest BCUT2D eigenvalue weighted by Crippen LogP contribution is 2.26. The number of hydrogen-bond acceptors (Lipinski definition) is 17. The first kappa shape index (κ1) is 54.5. The minimum Gasteiger partial charge on any atom is -1.00 e. The molecule has 5 heterocycles. The third kappa shape index (κ3) is 16.1. The fourth-order valence-corrected chi connectivity index (χ4v) is 7.92. The Morgan fingerprint density at radius 3 is 1.99 bits per heavy atom. The number of benzene rings is 1. The number of nitrogens with one attached hydrogen (secondary N) is 2. The fourth-order valence-electron chi connectivity index (χ4n) is 7.92. The van der Waals surface area contributed by atoms with Crippen molar-refractivity contribution in [3.63, 3.8) is 0 Å². The maximum Gasteiger partial charge on any atom is 0.338 e. The number of aromatic hydroxyl groups is 1. The number of nitrogens with two attached hydrogens (primary N) is 2. The standard InChI is InChI=1S/C45H67N17O7.ClH/c1-4-24-67-26-28-69-29-27-68-25-14-49-43-50-44(59-19-15-57(16-20-59)40(65)38(30-34-8-10-37(64)11-9-34)61-31-36(12-23-63)54-55-61)52-45(51-43)60-21-17-58(18-22-60)41(66)39(33(3)5-2)62-32-35(53-56-62)7-6-13-48-42(46)47;/h1,8-11,31-33,38-39,63-64H,5-7,12-30H2,2-3H3,(H4,46,47,48)(H,49,50,51,52);1H/t33-,38-,39-;/m0./s1. The quantitative estimate of drug-likeness (QED) is 0.0141. The largest absolute Gasteiger partial charge is 1.00 e. The van der Waals surface area contributed by atoms with Crippen LogP contribution in [0.1, 0.15) is 55.7 Å². The van der Waals surface area contributed by atoms with Crippen LogP contribution in [0.25, 0.3) is 0 Å². The Morgan fingerprint density at radius 1 is 0.814 bits per heavy atom. The molecule has 70 heavy (non-hydrogen) atoms. The van der Waals surface area contributed by atoms with E-state index in [2.05, 4.69) is 55.6 Å². The lowest BCUT2D eigenvalue weighted by atomic mass is 9.97. The first-order chi connectivity index (χ1) is 33.6. The van der Waals surface area contributed by atoms with Crippen LogP contribution >= 0.6 is 0 Å². The summed E-state index contributed by atoms with van der Waals surface area (Å²) in [5, 5.41) is 39.9. The van der Waals surface area contributed by atoms with Gasteiger partial charge in [-0.1, -0.05) is 48.7 Å². The topological polar surface area (TPSA) is 293 Å². The Morgan fingerprint density at radius 2 is 1.39 bits per heavy atom. The summed E-state index contributed by atoms with van der Waals surface area (Å²) in [7, 11) is 0. The van der Waals surface area contributed by atoms with Gasteiger partial charge in [0.15, 0.2) is 0 Å². The van der Waals surface area contributed by atoms with E-state index in [0.29, 0.717) is 141 Å². The molecular formula is C45H68ClN17O7. The molecule has 2 amide bonds. The SMILES string of the molecule is C#CCOCCOCCOCCNc1nc(N2CCN(C(=O)[C@H]([C@@H](C)CC)n3cc(CCC[NH+]=C(N)N)nn3)CC2)nc(N2CCN(C(=O)[C@H](Cc3ccc(O)cc3)n3cc(CCO)nn3)CC2)n1.[Cl-]. The molecule has 2 fully saturated rings. The Kier molecular flexibility index (Phi) is 22.1. The highest BCUT2D eigenvalue weighted by Gasteiger charge is 2.35. The normalized spacial score (nSPS) is 15.2. The van der Waals surface area contributed by atoms with E-state index in [1.807, 2.05) is 16.0 Å². The molecule has 0 aliphatic carbocycles. The molecule has 2 aliphatic rings. The number of phenols is 1. The van der Waals surface area contributed by atoms with E-state index in [1.165, 1.54) is 0 Å². The zero-order valence-electron chi connectivity index (χ0n) is 40.1. The van der Waals surface area contributed by atoms with E-state index < -0.39 is 12.1 Å². The van der Waals surface area contributed by atoms with Crippen molar-refractivity contribution in [3.8, 4) is 18.1 Å². The molecule has 2 saturated heterocycles. The van der Waals surface area contributed by atoms with E-state index in [-0.39, 0.29) is 55.1 Å². The predicted molar refractivity (Wildman–Crippen MR) is 255 cm³/mol. The molecule has 0 unspecified atom stereocenters. The minimum absolute atomic E-state index is 0. The lowest BCUT2D eigenvalue weighted by molar-refractivity contribution is -0.459. The summed E-state index contributed by atoms with van der Waals surface area (Å²) in [5.74, 6) is 3.90. The molecule has 3 aromatic heterocycles. The molecule has 6 rings (SSSR count). The highest BCUT2D eigenvalue weighted by atomic mass is 35.5. The molecule has 382 valence electrons. The average Bonchev–Trinajstić information content (AvgIpc) is 4.04. The first-order valence-electron chi connectivity index (χ1n) is 23.6. The van der Waals surface area contributed by atoms with Crippen molar-refractivity contribution in [2.75, 3.05) is 127 Å². The zero-order chi connectivity index (χ0) is 49.0. The zero-order valence-corrected chi connectivity index (χ0v) is 40.9. The maximum atomic E-state index is 14.3. The number of terminal acetylenes is 1.